The van der Waals surface area contributed by atoms with Crippen LogP contribution in [0.5, 0.6) is 5.75 Å². The normalized spacial score (nSPS) is 11.6. The Labute approximate surface area is 170 Å². The molecule has 2 aromatic heterocycles. The van der Waals surface area contributed by atoms with Gasteiger partial charge in [0.2, 0.25) is 0 Å². The van der Waals surface area contributed by atoms with Gasteiger partial charge in [-0.25, -0.2) is 14.1 Å². The lowest BCUT2D eigenvalue weighted by atomic mass is 10.2. The Morgan fingerprint density at radius 1 is 1.20 bits per heavy atom. The number of rotatable bonds is 4. The summed E-state index contributed by atoms with van der Waals surface area (Å²) in [7, 11) is 1.31. The maximum Gasteiger partial charge on any atom is 0.416 e. The number of hydrogen-bond acceptors (Lipinski definition) is 5. The first kappa shape index (κ1) is 19.8. The van der Waals surface area contributed by atoms with E-state index in [0.29, 0.717) is 10.2 Å². The van der Waals surface area contributed by atoms with Gasteiger partial charge in [-0.05, 0) is 36.4 Å². The first-order chi connectivity index (χ1) is 14.2. The van der Waals surface area contributed by atoms with Crippen LogP contribution in [0, 0.1) is 5.82 Å². The van der Waals surface area contributed by atoms with Crippen molar-refractivity contribution in [3.05, 3.63) is 65.7 Å². The average Bonchev–Trinajstić information content (AvgIpc) is 3.30. The van der Waals surface area contributed by atoms with E-state index in [-0.39, 0.29) is 22.3 Å². The van der Waals surface area contributed by atoms with Crippen LogP contribution in [0.25, 0.3) is 15.9 Å². The predicted octanol–water partition coefficient (Wildman–Crippen LogP) is 4.90. The molecule has 4 rings (SSSR count). The number of hydrogen-bond donors (Lipinski definition) is 1. The van der Waals surface area contributed by atoms with Gasteiger partial charge >= 0.3 is 6.18 Å². The Morgan fingerprint density at radius 2 is 2.00 bits per heavy atom. The third-order valence-electron chi connectivity index (χ3n) is 4.12. The van der Waals surface area contributed by atoms with Crippen molar-refractivity contribution in [1.82, 2.24) is 14.8 Å². The largest absolute Gasteiger partial charge is 0.493 e. The molecule has 0 spiro atoms. The number of halogens is 4. The van der Waals surface area contributed by atoms with Crippen LogP contribution in [-0.2, 0) is 6.18 Å². The number of nitrogens with one attached hydrogen (secondary N) is 1. The van der Waals surface area contributed by atoms with E-state index in [9.17, 15) is 22.4 Å². The van der Waals surface area contributed by atoms with Gasteiger partial charge in [-0.1, -0.05) is 17.4 Å². The number of ether oxygens (including phenoxy) is 1. The van der Waals surface area contributed by atoms with Crippen molar-refractivity contribution in [3.63, 3.8) is 0 Å². The van der Waals surface area contributed by atoms with E-state index in [4.69, 9.17) is 4.74 Å². The molecule has 4 aromatic rings. The van der Waals surface area contributed by atoms with Gasteiger partial charge < -0.3 is 4.74 Å². The Morgan fingerprint density at radius 3 is 2.73 bits per heavy atom. The average molecular weight is 436 g/mol. The number of aromatic nitrogens is 3. The molecule has 0 saturated heterocycles. The van der Waals surface area contributed by atoms with Crippen LogP contribution in [0.3, 0.4) is 0 Å². The fourth-order valence-corrected chi connectivity index (χ4v) is 3.62. The summed E-state index contributed by atoms with van der Waals surface area (Å²) in [5.74, 6) is -1.03. The zero-order chi connectivity index (χ0) is 21.5. The topological polar surface area (TPSA) is 69.0 Å². The lowest BCUT2D eigenvalue weighted by molar-refractivity contribution is -0.137. The lowest BCUT2D eigenvalue weighted by Crippen LogP contribution is -2.14. The van der Waals surface area contributed by atoms with Crippen molar-refractivity contribution in [2.24, 2.45) is 0 Å². The van der Waals surface area contributed by atoms with Gasteiger partial charge in [0.05, 0.1) is 34.8 Å². The predicted molar refractivity (Wildman–Crippen MR) is 103 cm³/mol. The zero-order valence-electron chi connectivity index (χ0n) is 15.2. The van der Waals surface area contributed by atoms with E-state index in [1.807, 2.05) is 0 Å². The number of methoxy groups -OCH3 is 1. The van der Waals surface area contributed by atoms with Crippen LogP contribution in [-0.4, -0.2) is 27.8 Å². The number of carbonyl (C=O) groups excluding carboxylic acids is 1. The second kappa shape index (κ2) is 7.41. The smallest absolute Gasteiger partial charge is 0.416 e. The van der Waals surface area contributed by atoms with E-state index in [0.717, 1.165) is 28.2 Å². The molecule has 0 radical (unpaired) electrons. The number of carbonyl (C=O) groups is 1. The number of nitrogens with zero attached hydrogens (tertiary/aromatic N) is 3. The SMILES string of the molecule is COc1cn(-c2cccc(C(F)(F)F)c2)nc1C(=O)Nc1nc2ccc(F)cc2s1. The Bertz CT molecular complexity index is 1250. The monoisotopic (exact) mass is 436 g/mol. The first-order valence-corrected chi connectivity index (χ1v) is 9.25. The van der Waals surface area contributed by atoms with E-state index in [2.05, 4.69) is 15.4 Å². The number of alkyl halides is 3. The highest BCUT2D eigenvalue weighted by Crippen LogP contribution is 2.31. The van der Waals surface area contributed by atoms with Gasteiger partial charge in [-0.3, -0.25) is 10.1 Å². The van der Waals surface area contributed by atoms with Crippen molar-refractivity contribution in [1.29, 1.82) is 0 Å². The Kier molecular flexibility index (Phi) is 4.90. The molecule has 2 aromatic carbocycles. The van der Waals surface area contributed by atoms with Gasteiger partial charge in [-0.15, -0.1) is 0 Å². The van der Waals surface area contributed by atoms with Crippen molar-refractivity contribution in [3.8, 4) is 11.4 Å². The number of benzene rings is 2. The molecule has 30 heavy (non-hydrogen) atoms. The molecule has 1 N–H and O–H groups in total. The maximum absolute atomic E-state index is 13.3. The number of thiazole rings is 1. The van der Waals surface area contributed by atoms with Crippen LogP contribution < -0.4 is 10.1 Å². The minimum atomic E-state index is -4.51. The standard InChI is InChI=1S/C19H12F4N4O2S/c1-29-14-9-27(12-4-2-3-10(7-12)19(21,22)23)26-16(14)17(28)25-18-24-13-6-5-11(20)8-15(13)30-18/h2-9H,1H3,(H,24,25,28). The Balaban J connectivity index is 1.64. The van der Waals surface area contributed by atoms with Crippen LogP contribution in [0.15, 0.2) is 48.7 Å². The van der Waals surface area contributed by atoms with E-state index < -0.39 is 23.5 Å². The maximum atomic E-state index is 13.3. The molecule has 0 saturated carbocycles. The zero-order valence-corrected chi connectivity index (χ0v) is 16.0. The van der Waals surface area contributed by atoms with Gasteiger partial charge in [0.25, 0.3) is 5.91 Å². The highest BCUT2D eigenvalue weighted by atomic mass is 32.1. The van der Waals surface area contributed by atoms with Crippen molar-refractivity contribution >= 4 is 32.6 Å². The molecule has 0 aliphatic carbocycles. The van der Waals surface area contributed by atoms with Crippen LogP contribution in [0.2, 0.25) is 0 Å². The molecule has 0 aliphatic heterocycles. The molecular formula is C19H12F4N4O2S. The minimum Gasteiger partial charge on any atom is -0.493 e. The molecule has 0 bridgehead atoms. The lowest BCUT2D eigenvalue weighted by Gasteiger charge is -2.08. The van der Waals surface area contributed by atoms with E-state index >= 15 is 0 Å². The van der Waals surface area contributed by atoms with Gasteiger partial charge in [-0.2, -0.15) is 18.3 Å². The number of fused-ring (bicyclic) bond motifs is 1. The summed E-state index contributed by atoms with van der Waals surface area (Å²) in [6, 6.07) is 8.56. The van der Waals surface area contributed by atoms with Gasteiger partial charge in [0.1, 0.15) is 5.82 Å². The summed E-state index contributed by atoms with van der Waals surface area (Å²) < 4.78 is 59.1. The summed E-state index contributed by atoms with van der Waals surface area (Å²) in [6.07, 6.45) is -3.21. The van der Waals surface area contributed by atoms with Crippen molar-refractivity contribution < 1.29 is 27.1 Å². The molecule has 6 nitrogen and oxygen atoms in total. The molecular weight excluding hydrogens is 424 g/mol. The molecule has 0 fully saturated rings. The molecule has 1 amide bonds. The van der Waals surface area contributed by atoms with Crippen LogP contribution >= 0.6 is 11.3 Å². The van der Waals surface area contributed by atoms with Crippen LogP contribution in [0.4, 0.5) is 22.7 Å². The van der Waals surface area contributed by atoms with E-state index in [1.165, 1.54) is 43.6 Å². The molecule has 0 atom stereocenters. The highest BCUT2D eigenvalue weighted by Gasteiger charge is 2.31. The molecule has 0 aliphatic rings. The third-order valence-corrected chi connectivity index (χ3v) is 5.06. The molecule has 0 unspecified atom stereocenters. The fourth-order valence-electron chi connectivity index (χ4n) is 2.73. The quantitative estimate of drug-likeness (QED) is 0.462. The molecule has 11 heteroatoms. The summed E-state index contributed by atoms with van der Waals surface area (Å²) >= 11 is 1.07. The summed E-state index contributed by atoms with van der Waals surface area (Å²) in [5, 5.41) is 6.84. The fraction of sp³-hybridized carbons (Fsp3) is 0.105. The van der Waals surface area contributed by atoms with Crippen LogP contribution in [0.1, 0.15) is 16.1 Å². The summed E-state index contributed by atoms with van der Waals surface area (Å²) in [5.41, 5.74) is -0.363. The number of amides is 1. The highest BCUT2D eigenvalue weighted by molar-refractivity contribution is 7.22. The summed E-state index contributed by atoms with van der Waals surface area (Å²) in [4.78, 5) is 16.9. The Hall–Kier alpha value is -3.47. The minimum absolute atomic E-state index is 0.0667. The summed E-state index contributed by atoms with van der Waals surface area (Å²) in [6.45, 7) is 0. The van der Waals surface area contributed by atoms with Gasteiger partial charge in [0.15, 0.2) is 16.6 Å². The molecule has 154 valence electrons. The number of anilines is 1. The molecule has 2 heterocycles. The second-order valence-electron chi connectivity index (χ2n) is 6.12. The second-order valence-corrected chi connectivity index (χ2v) is 7.15. The van der Waals surface area contributed by atoms with Crippen molar-refractivity contribution in [2.75, 3.05) is 12.4 Å². The van der Waals surface area contributed by atoms with Gasteiger partial charge in [0, 0.05) is 0 Å². The van der Waals surface area contributed by atoms with Crippen molar-refractivity contribution in [2.45, 2.75) is 6.18 Å². The third kappa shape index (κ3) is 3.83. The van der Waals surface area contributed by atoms with E-state index in [1.54, 1.807) is 0 Å². The first-order valence-electron chi connectivity index (χ1n) is 8.43.